The lowest BCUT2D eigenvalue weighted by Gasteiger charge is -2.33. The summed E-state index contributed by atoms with van der Waals surface area (Å²) in [4.78, 5) is 4.93. The summed E-state index contributed by atoms with van der Waals surface area (Å²) in [6.45, 7) is 13.2. The predicted octanol–water partition coefficient (Wildman–Crippen LogP) is 2.07. The van der Waals surface area contributed by atoms with E-state index in [1.165, 1.54) is 25.9 Å². The summed E-state index contributed by atoms with van der Waals surface area (Å²) in [5.41, 5.74) is -0.435. The molecule has 1 fully saturated rings. The first-order valence-electron chi connectivity index (χ1n) is 7.98. The Morgan fingerprint density at radius 2 is 1.90 bits per heavy atom. The van der Waals surface area contributed by atoms with Crippen LogP contribution in [-0.4, -0.2) is 60.6 Å². The van der Waals surface area contributed by atoms with E-state index in [4.69, 9.17) is 0 Å². The number of nitrogens with zero attached hydrogens (tertiary/aromatic N) is 3. The number of hydrogen-bond acceptors (Lipinski definition) is 4. The van der Waals surface area contributed by atoms with Crippen LogP contribution in [0.1, 0.15) is 47.0 Å². The minimum Gasteiger partial charge on any atom is -0.302 e. The van der Waals surface area contributed by atoms with Crippen molar-refractivity contribution < 1.29 is 0 Å². The molecule has 0 saturated carbocycles. The van der Waals surface area contributed by atoms with Gasteiger partial charge in [0.25, 0.3) is 0 Å². The van der Waals surface area contributed by atoms with Gasteiger partial charge in [0.05, 0.1) is 6.07 Å². The molecule has 0 amide bonds. The van der Waals surface area contributed by atoms with Crippen LogP contribution in [0.2, 0.25) is 0 Å². The molecule has 1 aliphatic heterocycles. The topological polar surface area (TPSA) is 42.3 Å². The summed E-state index contributed by atoms with van der Waals surface area (Å²) >= 11 is 0. The second-order valence-electron chi connectivity index (χ2n) is 6.83. The Hall–Kier alpha value is -0.630. The average molecular weight is 280 g/mol. The highest BCUT2D eigenvalue weighted by Crippen LogP contribution is 2.16. The molecule has 0 bridgehead atoms. The van der Waals surface area contributed by atoms with E-state index in [-0.39, 0.29) is 0 Å². The van der Waals surface area contributed by atoms with Crippen molar-refractivity contribution in [2.45, 2.75) is 64.6 Å². The maximum Gasteiger partial charge on any atom is 0.105 e. The van der Waals surface area contributed by atoms with Crippen LogP contribution in [0.5, 0.6) is 0 Å². The van der Waals surface area contributed by atoms with Crippen LogP contribution in [0.15, 0.2) is 0 Å². The van der Waals surface area contributed by atoms with Crippen LogP contribution in [0.3, 0.4) is 0 Å². The Kier molecular flexibility index (Phi) is 6.94. The molecule has 1 aliphatic rings. The fraction of sp³-hybridized carbons (Fsp3) is 0.938. The maximum atomic E-state index is 9.43. The van der Waals surface area contributed by atoms with Gasteiger partial charge >= 0.3 is 0 Å². The van der Waals surface area contributed by atoms with Crippen molar-refractivity contribution in [2.75, 3.05) is 33.2 Å². The van der Waals surface area contributed by atoms with Gasteiger partial charge in [0, 0.05) is 25.2 Å². The van der Waals surface area contributed by atoms with Crippen LogP contribution in [0.25, 0.3) is 0 Å². The van der Waals surface area contributed by atoms with Crippen molar-refractivity contribution >= 4 is 0 Å². The lowest BCUT2D eigenvalue weighted by atomic mass is 9.93. The molecule has 1 heterocycles. The van der Waals surface area contributed by atoms with E-state index >= 15 is 0 Å². The Balaban J connectivity index is 2.38. The lowest BCUT2D eigenvalue weighted by molar-refractivity contribution is 0.184. The minimum absolute atomic E-state index is 0.335. The quantitative estimate of drug-likeness (QED) is 0.739. The molecule has 2 atom stereocenters. The van der Waals surface area contributed by atoms with Gasteiger partial charge in [0.15, 0.2) is 0 Å². The normalized spacial score (nSPS) is 21.1. The maximum absolute atomic E-state index is 9.43. The molecule has 1 rings (SSSR count). The SMILES string of the molecule is CC(C)NC(C)(C#N)CC(C)N(C)CCN1CCCC1. The van der Waals surface area contributed by atoms with Crippen LogP contribution < -0.4 is 5.32 Å². The second kappa shape index (κ2) is 7.97. The van der Waals surface area contributed by atoms with Gasteiger partial charge in [0.1, 0.15) is 5.54 Å². The van der Waals surface area contributed by atoms with E-state index in [1.54, 1.807) is 0 Å². The van der Waals surface area contributed by atoms with E-state index in [9.17, 15) is 5.26 Å². The Labute approximate surface area is 125 Å². The van der Waals surface area contributed by atoms with Gasteiger partial charge in [0.2, 0.25) is 0 Å². The van der Waals surface area contributed by atoms with Crippen molar-refractivity contribution in [3.8, 4) is 6.07 Å². The average Bonchev–Trinajstić information content (AvgIpc) is 2.87. The molecule has 0 radical (unpaired) electrons. The zero-order valence-electron chi connectivity index (χ0n) is 13.9. The largest absolute Gasteiger partial charge is 0.302 e. The first-order valence-corrected chi connectivity index (χ1v) is 7.98. The third-order valence-corrected chi connectivity index (χ3v) is 4.28. The van der Waals surface area contributed by atoms with Crippen LogP contribution >= 0.6 is 0 Å². The number of nitrogens with one attached hydrogen (secondary N) is 1. The first-order chi connectivity index (χ1) is 9.36. The molecule has 0 spiro atoms. The number of nitriles is 1. The summed E-state index contributed by atoms with van der Waals surface area (Å²) in [5, 5.41) is 12.8. The molecular formula is C16H32N4. The highest BCUT2D eigenvalue weighted by atomic mass is 15.2. The highest BCUT2D eigenvalue weighted by Gasteiger charge is 2.28. The number of hydrogen-bond donors (Lipinski definition) is 1. The van der Waals surface area contributed by atoms with E-state index in [0.29, 0.717) is 12.1 Å². The summed E-state index contributed by atoms with van der Waals surface area (Å²) in [6.07, 6.45) is 3.56. The van der Waals surface area contributed by atoms with E-state index in [0.717, 1.165) is 19.5 Å². The number of rotatable bonds is 8. The Bertz CT molecular complexity index is 317. The smallest absolute Gasteiger partial charge is 0.105 e. The molecule has 0 aromatic rings. The van der Waals surface area contributed by atoms with Gasteiger partial charge in [-0.1, -0.05) is 0 Å². The standard InChI is InChI=1S/C16H32N4/c1-14(2)18-16(4,13-17)12-15(3)19(5)10-11-20-8-6-7-9-20/h14-15,18H,6-12H2,1-5H3. The molecule has 2 unspecified atom stereocenters. The molecule has 0 aromatic heterocycles. The highest BCUT2D eigenvalue weighted by molar-refractivity contribution is 5.06. The first kappa shape index (κ1) is 17.4. The van der Waals surface area contributed by atoms with Gasteiger partial charge in [-0.25, -0.2) is 0 Å². The van der Waals surface area contributed by atoms with E-state index in [1.807, 2.05) is 6.92 Å². The fourth-order valence-electron chi connectivity index (χ4n) is 3.05. The van der Waals surface area contributed by atoms with Gasteiger partial charge in [-0.15, -0.1) is 0 Å². The second-order valence-corrected chi connectivity index (χ2v) is 6.83. The molecule has 0 aliphatic carbocycles. The summed E-state index contributed by atoms with van der Waals surface area (Å²) < 4.78 is 0. The van der Waals surface area contributed by atoms with Gasteiger partial charge in [-0.2, -0.15) is 5.26 Å². The van der Waals surface area contributed by atoms with Crippen molar-refractivity contribution in [1.82, 2.24) is 15.1 Å². The van der Waals surface area contributed by atoms with Crippen molar-refractivity contribution in [2.24, 2.45) is 0 Å². The van der Waals surface area contributed by atoms with Crippen LogP contribution in [-0.2, 0) is 0 Å². The molecule has 1 N–H and O–H groups in total. The lowest BCUT2D eigenvalue weighted by Crippen LogP contribution is -2.49. The number of likely N-dealkylation sites (N-methyl/N-ethyl adjacent to an activating group) is 1. The zero-order chi connectivity index (χ0) is 15.2. The molecule has 1 saturated heterocycles. The minimum atomic E-state index is -0.435. The number of likely N-dealkylation sites (tertiary alicyclic amines) is 1. The van der Waals surface area contributed by atoms with Gasteiger partial charge in [-0.3, -0.25) is 5.32 Å². The molecular weight excluding hydrogens is 248 g/mol. The van der Waals surface area contributed by atoms with Crippen molar-refractivity contribution in [1.29, 1.82) is 5.26 Å². The molecule has 4 heteroatoms. The summed E-state index contributed by atoms with van der Waals surface area (Å²) in [6, 6.07) is 3.19. The molecule has 0 aromatic carbocycles. The monoisotopic (exact) mass is 280 g/mol. The summed E-state index contributed by atoms with van der Waals surface area (Å²) in [7, 11) is 2.17. The van der Waals surface area contributed by atoms with Crippen molar-refractivity contribution in [3.05, 3.63) is 0 Å². The predicted molar refractivity (Wildman–Crippen MR) is 84.7 cm³/mol. The molecule has 4 nitrogen and oxygen atoms in total. The zero-order valence-corrected chi connectivity index (χ0v) is 13.9. The van der Waals surface area contributed by atoms with Crippen LogP contribution in [0, 0.1) is 11.3 Å². The van der Waals surface area contributed by atoms with Crippen LogP contribution in [0.4, 0.5) is 0 Å². The third kappa shape index (κ3) is 5.78. The van der Waals surface area contributed by atoms with Gasteiger partial charge in [-0.05, 0) is 67.1 Å². The fourth-order valence-corrected chi connectivity index (χ4v) is 3.05. The molecule has 116 valence electrons. The summed E-state index contributed by atoms with van der Waals surface area (Å²) in [5.74, 6) is 0. The Morgan fingerprint density at radius 3 is 2.40 bits per heavy atom. The Morgan fingerprint density at radius 1 is 1.30 bits per heavy atom. The third-order valence-electron chi connectivity index (χ3n) is 4.28. The van der Waals surface area contributed by atoms with E-state index < -0.39 is 5.54 Å². The van der Waals surface area contributed by atoms with Crippen molar-refractivity contribution in [3.63, 3.8) is 0 Å². The van der Waals surface area contributed by atoms with E-state index in [2.05, 4.69) is 49.0 Å². The van der Waals surface area contributed by atoms with Gasteiger partial charge < -0.3 is 9.80 Å². The molecule has 20 heavy (non-hydrogen) atoms.